The fourth-order valence-corrected chi connectivity index (χ4v) is 1.85. The summed E-state index contributed by atoms with van der Waals surface area (Å²) in [5.41, 5.74) is -1.22. The lowest BCUT2D eigenvalue weighted by atomic mass is 9.83. The minimum absolute atomic E-state index is 0.119. The van der Waals surface area contributed by atoms with Crippen molar-refractivity contribution in [3.8, 4) is 0 Å². The highest BCUT2D eigenvalue weighted by molar-refractivity contribution is 6.15. The highest BCUT2D eigenvalue weighted by Crippen LogP contribution is 2.33. The van der Waals surface area contributed by atoms with E-state index in [0.717, 1.165) is 0 Å². The molecule has 0 bridgehead atoms. The number of nitrogens with zero attached hydrogens (tertiary/aromatic N) is 1. The third-order valence-corrected chi connectivity index (χ3v) is 2.90. The van der Waals surface area contributed by atoms with Gasteiger partial charge in [-0.2, -0.15) is 0 Å². The van der Waals surface area contributed by atoms with Gasteiger partial charge in [0, 0.05) is 5.56 Å². The molecule has 94 valence electrons. The van der Waals surface area contributed by atoms with Crippen LogP contribution in [0.3, 0.4) is 0 Å². The number of hydrogen-bond acceptors (Lipinski definition) is 4. The number of carboxylic acid groups (broad SMARTS) is 2. The van der Waals surface area contributed by atoms with Gasteiger partial charge in [0.25, 0.3) is 0 Å². The number of carboxylic acids is 2. The van der Waals surface area contributed by atoms with Crippen LogP contribution < -0.4 is 0 Å². The highest BCUT2D eigenvalue weighted by Gasteiger charge is 2.56. The van der Waals surface area contributed by atoms with E-state index in [2.05, 4.69) is 5.16 Å². The van der Waals surface area contributed by atoms with Crippen molar-refractivity contribution in [2.75, 3.05) is 0 Å². The Balaban J connectivity index is 2.45. The summed E-state index contributed by atoms with van der Waals surface area (Å²) < 4.78 is 0. The summed E-state index contributed by atoms with van der Waals surface area (Å²) in [5.74, 6) is -3.97. The molecule has 6 heteroatoms. The fourth-order valence-electron chi connectivity index (χ4n) is 1.85. The van der Waals surface area contributed by atoms with Crippen LogP contribution in [0.15, 0.2) is 35.5 Å². The van der Waals surface area contributed by atoms with Crippen LogP contribution in [0, 0.1) is 5.92 Å². The van der Waals surface area contributed by atoms with Crippen LogP contribution in [0.1, 0.15) is 12.5 Å². The van der Waals surface area contributed by atoms with Crippen molar-refractivity contribution in [2.24, 2.45) is 11.1 Å². The average molecular weight is 249 g/mol. The first-order chi connectivity index (χ1) is 8.47. The van der Waals surface area contributed by atoms with Gasteiger partial charge >= 0.3 is 11.9 Å². The molecule has 2 rings (SSSR count). The Kier molecular flexibility index (Phi) is 2.78. The first kappa shape index (κ1) is 12.1. The second-order valence-corrected chi connectivity index (χ2v) is 4.12. The zero-order valence-electron chi connectivity index (χ0n) is 9.53. The smallest absolute Gasteiger partial charge is 0.352 e. The van der Waals surface area contributed by atoms with Gasteiger partial charge in [-0.05, 0) is 6.92 Å². The summed E-state index contributed by atoms with van der Waals surface area (Å²) in [5, 5.41) is 21.9. The van der Waals surface area contributed by atoms with Gasteiger partial charge in [-0.15, -0.1) is 0 Å². The normalized spacial score (nSPS) is 26.3. The first-order valence-electron chi connectivity index (χ1n) is 5.24. The SMILES string of the molecule is CC1(C(=O)O)ON=C(c2ccccc2)C1C(=O)O. The molecule has 2 atom stereocenters. The van der Waals surface area contributed by atoms with E-state index in [-0.39, 0.29) is 5.71 Å². The Labute approximate surface area is 102 Å². The largest absolute Gasteiger partial charge is 0.481 e. The molecule has 0 fully saturated rings. The second-order valence-electron chi connectivity index (χ2n) is 4.12. The van der Waals surface area contributed by atoms with E-state index in [4.69, 9.17) is 9.94 Å². The Morgan fingerprint density at radius 3 is 2.39 bits per heavy atom. The lowest BCUT2D eigenvalue weighted by molar-refractivity contribution is -0.171. The molecule has 0 amide bonds. The average Bonchev–Trinajstić information content (AvgIpc) is 2.70. The molecule has 1 aliphatic heterocycles. The van der Waals surface area contributed by atoms with Gasteiger partial charge in [-0.25, -0.2) is 4.79 Å². The minimum atomic E-state index is -1.88. The Hall–Kier alpha value is -2.37. The standard InChI is InChI=1S/C12H11NO5/c1-12(11(16)17)8(10(14)15)9(13-18-12)7-5-3-2-4-6-7/h2-6,8H,1H3,(H,14,15)(H,16,17). The molecular weight excluding hydrogens is 238 g/mol. The van der Waals surface area contributed by atoms with Gasteiger partial charge in [0.15, 0.2) is 5.92 Å². The first-order valence-corrected chi connectivity index (χ1v) is 5.24. The monoisotopic (exact) mass is 249 g/mol. The third-order valence-electron chi connectivity index (χ3n) is 2.90. The zero-order chi connectivity index (χ0) is 13.3. The molecule has 6 nitrogen and oxygen atoms in total. The quantitative estimate of drug-likeness (QED) is 0.831. The highest BCUT2D eigenvalue weighted by atomic mass is 16.7. The van der Waals surface area contributed by atoms with Crippen LogP contribution in [0.4, 0.5) is 0 Å². The minimum Gasteiger partial charge on any atom is -0.481 e. The predicted molar refractivity (Wildman–Crippen MR) is 61.2 cm³/mol. The van der Waals surface area contributed by atoms with E-state index in [1.165, 1.54) is 6.92 Å². The van der Waals surface area contributed by atoms with E-state index in [0.29, 0.717) is 5.56 Å². The van der Waals surface area contributed by atoms with Crippen molar-refractivity contribution in [3.05, 3.63) is 35.9 Å². The van der Waals surface area contributed by atoms with Crippen LogP contribution in [0.2, 0.25) is 0 Å². The van der Waals surface area contributed by atoms with Crippen LogP contribution in [0.25, 0.3) is 0 Å². The molecule has 18 heavy (non-hydrogen) atoms. The van der Waals surface area contributed by atoms with E-state index in [1.54, 1.807) is 30.3 Å². The van der Waals surface area contributed by atoms with Gasteiger partial charge in [0.05, 0.1) is 0 Å². The molecule has 0 saturated carbocycles. The summed E-state index contributed by atoms with van der Waals surface area (Å²) in [6.45, 7) is 1.20. The van der Waals surface area contributed by atoms with Crippen molar-refractivity contribution < 1.29 is 24.6 Å². The lowest BCUT2D eigenvalue weighted by Crippen LogP contribution is -2.47. The molecular formula is C12H11NO5. The number of rotatable bonds is 3. The van der Waals surface area contributed by atoms with Crippen molar-refractivity contribution in [2.45, 2.75) is 12.5 Å². The van der Waals surface area contributed by atoms with E-state index in [9.17, 15) is 14.7 Å². The number of benzene rings is 1. The topological polar surface area (TPSA) is 96.2 Å². The number of hydrogen-bond donors (Lipinski definition) is 2. The Morgan fingerprint density at radius 2 is 1.89 bits per heavy atom. The van der Waals surface area contributed by atoms with Crippen LogP contribution in [-0.2, 0) is 14.4 Å². The summed E-state index contributed by atoms with van der Waals surface area (Å²) in [6, 6.07) is 8.52. The van der Waals surface area contributed by atoms with Crippen LogP contribution in [0.5, 0.6) is 0 Å². The second kappa shape index (κ2) is 4.14. The van der Waals surface area contributed by atoms with E-state index in [1.807, 2.05) is 0 Å². The Morgan fingerprint density at radius 1 is 1.28 bits per heavy atom. The molecule has 0 saturated heterocycles. The maximum absolute atomic E-state index is 11.3. The number of aliphatic carboxylic acids is 2. The molecule has 1 aromatic carbocycles. The maximum Gasteiger partial charge on any atom is 0.352 e. The van der Waals surface area contributed by atoms with Gasteiger partial charge in [-0.3, -0.25) is 4.79 Å². The van der Waals surface area contributed by atoms with E-state index >= 15 is 0 Å². The maximum atomic E-state index is 11.3. The number of carbonyl (C=O) groups is 2. The third kappa shape index (κ3) is 1.71. The van der Waals surface area contributed by atoms with Crippen LogP contribution >= 0.6 is 0 Å². The van der Waals surface area contributed by atoms with Crippen LogP contribution in [-0.4, -0.2) is 33.5 Å². The van der Waals surface area contributed by atoms with Crippen molar-refractivity contribution in [1.82, 2.24) is 0 Å². The molecule has 0 radical (unpaired) electrons. The molecule has 1 aromatic rings. The molecule has 0 aromatic heterocycles. The van der Waals surface area contributed by atoms with Crippen molar-refractivity contribution >= 4 is 17.7 Å². The Bertz CT molecular complexity index is 525. The van der Waals surface area contributed by atoms with Crippen molar-refractivity contribution in [1.29, 1.82) is 0 Å². The molecule has 1 aliphatic rings. The molecule has 1 heterocycles. The summed E-state index contributed by atoms with van der Waals surface area (Å²) in [4.78, 5) is 27.3. The molecule has 0 aliphatic carbocycles. The van der Waals surface area contributed by atoms with E-state index < -0.39 is 23.5 Å². The summed E-state index contributed by atoms with van der Waals surface area (Å²) in [7, 11) is 0. The summed E-state index contributed by atoms with van der Waals surface area (Å²) in [6.07, 6.45) is 0. The lowest BCUT2D eigenvalue weighted by Gasteiger charge is -2.21. The predicted octanol–water partition coefficient (Wildman–Crippen LogP) is 0.965. The van der Waals surface area contributed by atoms with Gasteiger partial charge in [0.2, 0.25) is 5.60 Å². The van der Waals surface area contributed by atoms with Crippen molar-refractivity contribution in [3.63, 3.8) is 0 Å². The molecule has 2 N–H and O–H groups in total. The molecule has 2 unspecified atom stereocenters. The summed E-state index contributed by atoms with van der Waals surface area (Å²) >= 11 is 0. The number of oxime groups is 1. The molecule has 0 spiro atoms. The zero-order valence-corrected chi connectivity index (χ0v) is 9.53. The van der Waals surface area contributed by atoms with Gasteiger partial charge in [0.1, 0.15) is 5.71 Å². The fraction of sp³-hybridized carbons (Fsp3) is 0.250. The van der Waals surface area contributed by atoms with Gasteiger partial charge < -0.3 is 15.1 Å². The van der Waals surface area contributed by atoms with Gasteiger partial charge in [-0.1, -0.05) is 35.5 Å².